The maximum Gasteiger partial charge on any atom is 0.182 e. The van der Waals surface area contributed by atoms with Gasteiger partial charge in [0.05, 0.1) is 5.69 Å². The Morgan fingerprint density at radius 3 is 2.38 bits per heavy atom. The van der Waals surface area contributed by atoms with Crippen LogP contribution in [0.25, 0.3) is 0 Å². The second kappa shape index (κ2) is 8.32. The molecule has 1 aromatic carbocycles. The Morgan fingerprint density at radius 1 is 0.952 bits per heavy atom. The Kier molecular flexibility index (Phi) is 6.43. The minimum Gasteiger partial charge on any atom is -0.367 e. The molecule has 21 heavy (non-hydrogen) atoms. The summed E-state index contributed by atoms with van der Waals surface area (Å²) < 4.78 is 27.0. The zero-order valence-electron chi connectivity index (χ0n) is 13.0. The Morgan fingerprint density at radius 2 is 1.67 bits per heavy atom. The van der Waals surface area contributed by atoms with Crippen LogP contribution in [-0.2, 0) is 0 Å². The predicted octanol–water partition coefficient (Wildman–Crippen LogP) is 4.06. The Balaban J connectivity index is 1.74. The highest BCUT2D eigenvalue weighted by atomic mass is 19.2. The molecule has 118 valence electrons. The van der Waals surface area contributed by atoms with Crippen molar-refractivity contribution in [3.63, 3.8) is 0 Å². The molecule has 0 unspecified atom stereocenters. The molecule has 4 heteroatoms. The second-order valence-electron chi connectivity index (χ2n) is 5.82. The fourth-order valence-corrected chi connectivity index (χ4v) is 2.89. The zero-order chi connectivity index (χ0) is 15.1. The predicted molar refractivity (Wildman–Crippen MR) is 83.8 cm³/mol. The lowest BCUT2D eigenvalue weighted by Crippen LogP contribution is -2.47. The van der Waals surface area contributed by atoms with Crippen LogP contribution >= 0.6 is 0 Å². The smallest absolute Gasteiger partial charge is 0.182 e. The van der Waals surface area contributed by atoms with E-state index in [1.54, 1.807) is 12.1 Å². The standard InChI is InChI=1S/C17H26F2N2/c1-2-3-4-5-6-10-20-11-13-21(14-12-20)16-9-7-8-15(18)17(16)19/h7-9H,2-6,10-14H2,1H3. The van der Waals surface area contributed by atoms with Crippen molar-refractivity contribution in [2.75, 3.05) is 37.6 Å². The summed E-state index contributed by atoms with van der Waals surface area (Å²) in [6, 6.07) is 4.41. The summed E-state index contributed by atoms with van der Waals surface area (Å²) >= 11 is 0. The average molecular weight is 296 g/mol. The van der Waals surface area contributed by atoms with Gasteiger partial charge in [-0.15, -0.1) is 0 Å². The van der Waals surface area contributed by atoms with Gasteiger partial charge in [0.2, 0.25) is 0 Å². The van der Waals surface area contributed by atoms with Crippen LogP contribution < -0.4 is 4.90 Å². The van der Waals surface area contributed by atoms with Crippen molar-refractivity contribution in [3.05, 3.63) is 29.8 Å². The minimum atomic E-state index is -0.758. The SMILES string of the molecule is CCCCCCCN1CCN(c2cccc(F)c2F)CC1. The van der Waals surface area contributed by atoms with E-state index >= 15 is 0 Å². The summed E-state index contributed by atoms with van der Waals surface area (Å²) in [5, 5.41) is 0. The van der Waals surface area contributed by atoms with E-state index < -0.39 is 11.6 Å². The van der Waals surface area contributed by atoms with Gasteiger partial charge in [0.25, 0.3) is 0 Å². The lowest BCUT2D eigenvalue weighted by molar-refractivity contribution is 0.251. The largest absolute Gasteiger partial charge is 0.367 e. The molecule has 1 fully saturated rings. The first-order valence-electron chi connectivity index (χ1n) is 8.13. The van der Waals surface area contributed by atoms with Crippen LogP contribution in [0.15, 0.2) is 18.2 Å². The number of unbranched alkanes of at least 4 members (excludes halogenated alkanes) is 4. The second-order valence-corrected chi connectivity index (χ2v) is 5.82. The minimum absolute atomic E-state index is 0.401. The van der Waals surface area contributed by atoms with Crippen LogP contribution in [0.3, 0.4) is 0 Å². The molecule has 2 nitrogen and oxygen atoms in total. The van der Waals surface area contributed by atoms with Gasteiger partial charge in [-0.05, 0) is 25.1 Å². The summed E-state index contributed by atoms with van der Waals surface area (Å²) in [7, 11) is 0. The topological polar surface area (TPSA) is 6.48 Å². The summed E-state index contributed by atoms with van der Waals surface area (Å²) in [6.45, 7) is 6.77. The van der Waals surface area contributed by atoms with Crippen molar-refractivity contribution in [3.8, 4) is 0 Å². The van der Waals surface area contributed by atoms with Crippen LogP contribution in [0.1, 0.15) is 39.0 Å². The fraction of sp³-hybridized carbons (Fsp3) is 0.647. The van der Waals surface area contributed by atoms with Gasteiger partial charge in [0, 0.05) is 26.2 Å². The molecule has 1 aromatic rings. The Bertz CT molecular complexity index is 429. The first-order chi connectivity index (χ1) is 10.2. The summed E-state index contributed by atoms with van der Waals surface area (Å²) in [4.78, 5) is 4.38. The fourth-order valence-electron chi connectivity index (χ4n) is 2.89. The molecule has 0 atom stereocenters. The van der Waals surface area contributed by atoms with Crippen LogP contribution in [0, 0.1) is 11.6 Å². The number of rotatable bonds is 7. The maximum atomic E-state index is 13.8. The number of anilines is 1. The van der Waals surface area contributed by atoms with Crippen LogP contribution in [0.2, 0.25) is 0 Å². The molecule has 0 radical (unpaired) electrons. The molecule has 0 aliphatic carbocycles. The lowest BCUT2D eigenvalue weighted by Gasteiger charge is -2.36. The molecule has 0 saturated carbocycles. The van der Waals surface area contributed by atoms with Gasteiger partial charge in [0.1, 0.15) is 0 Å². The number of piperazine rings is 1. The monoisotopic (exact) mass is 296 g/mol. The number of nitrogens with zero attached hydrogens (tertiary/aromatic N) is 2. The van der Waals surface area contributed by atoms with Crippen molar-refractivity contribution in [2.24, 2.45) is 0 Å². The van der Waals surface area contributed by atoms with Crippen molar-refractivity contribution in [2.45, 2.75) is 39.0 Å². The van der Waals surface area contributed by atoms with Gasteiger partial charge in [-0.25, -0.2) is 8.78 Å². The van der Waals surface area contributed by atoms with Crippen molar-refractivity contribution in [1.82, 2.24) is 4.90 Å². The molecule has 1 saturated heterocycles. The normalized spacial score (nSPS) is 16.4. The van der Waals surface area contributed by atoms with Crippen molar-refractivity contribution in [1.29, 1.82) is 0 Å². The third-order valence-corrected chi connectivity index (χ3v) is 4.22. The van der Waals surface area contributed by atoms with E-state index in [0.717, 1.165) is 32.7 Å². The Labute approximate surface area is 126 Å². The van der Waals surface area contributed by atoms with E-state index in [9.17, 15) is 8.78 Å². The average Bonchev–Trinajstić information content (AvgIpc) is 2.51. The van der Waals surface area contributed by atoms with E-state index in [1.165, 1.54) is 38.2 Å². The van der Waals surface area contributed by atoms with Crippen molar-refractivity contribution >= 4 is 5.69 Å². The number of hydrogen-bond donors (Lipinski definition) is 0. The van der Waals surface area contributed by atoms with E-state index in [1.807, 2.05) is 4.90 Å². The van der Waals surface area contributed by atoms with Crippen LogP contribution in [-0.4, -0.2) is 37.6 Å². The van der Waals surface area contributed by atoms with Crippen LogP contribution in [0.4, 0.5) is 14.5 Å². The quantitative estimate of drug-likeness (QED) is 0.700. The summed E-state index contributed by atoms with van der Waals surface area (Å²) in [5.74, 6) is -1.48. The molecular formula is C17H26F2N2. The molecule has 1 aliphatic heterocycles. The third kappa shape index (κ3) is 4.67. The molecule has 0 spiro atoms. The molecule has 1 aliphatic rings. The molecule has 0 bridgehead atoms. The van der Waals surface area contributed by atoms with Gasteiger partial charge < -0.3 is 4.90 Å². The molecule has 0 amide bonds. The first kappa shape index (κ1) is 16.2. The third-order valence-electron chi connectivity index (χ3n) is 4.22. The summed E-state index contributed by atoms with van der Waals surface area (Å²) in [5.41, 5.74) is 0.401. The van der Waals surface area contributed by atoms with Crippen LogP contribution in [0.5, 0.6) is 0 Å². The molecule has 1 heterocycles. The molecule has 2 rings (SSSR count). The van der Waals surface area contributed by atoms with Crippen molar-refractivity contribution < 1.29 is 8.78 Å². The van der Waals surface area contributed by atoms with Gasteiger partial charge >= 0.3 is 0 Å². The molecular weight excluding hydrogens is 270 g/mol. The molecule has 0 aromatic heterocycles. The Hall–Kier alpha value is -1.16. The summed E-state index contributed by atoms with van der Waals surface area (Å²) in [6.07, 6.45) is 6.47. The molecule has 0 N–H and O–H groups in total. The maximum absolute atomic E-state index is 13.8. The first-order valence-corrected chi connectivity index (χ1v) is 8.13. The highest BCUT2D eigenvalue weighted by Crippen LogP contribution is 2.22. The van der Waals surface area contributed by atoms with Gasteiger partial charge in [-0.1, -0.05) is 38.7 Å². The zero-order valence-corrected chi connectivity index (χ0v) is 13.0. The number of halogens is 2. The van der Waals surface area contributed by atoms with E-state index in [4.69, 9.17) is 0 Å². The van der Waals surface area contributed by atoms with Gasteiger partial charge in [-0.2, -0.15) is 0 Å². The van der Waals surface area contributed by atoms with E-state index in [-0.39, 0.29) is 0 Å². The number of benzene rings is 1. The van der Waals surface area contributed by atoms with E-state index in [0.29, 0.717) is 5.69 Å². The van der Waals surface area contributed by atoms with Gasteiger partial charge in [-0.3, -0.25) is 4.90 Å². The lowest BCUT2D eigenvalue weighted by atomic mass is 10.1. The highest BCUT2D eigenvalue weighted by molar-refractivity contribution is 5.48. The number of hydrogen-bond acceptors (Lipinski definition) is 2. The van der Waals surface area contributed by atoms with E-state index in [2.05, 4.69) is 11.8 Å². The van der Waals surface area contributed by atoms with Gasteiger partial charge in [0.15, 0.2) is 11.6 Å². The highest BCUT2D eigenvalue weighted by Gasteiger charge is 2.20.